The van der Waals surface area contributed by atoms with Crippen LogP contribution in [-0.4, -0.2) is 30.3 Å². The van der Waals surface area contributed by atoms with Crippen LogP contribution in [0.25, 0.3) is 22.4 Å². The SMILES string of the molecule is Cn1ccnc1-c1cc(NC(=O)Nc2ccc3ccc(=O)n(C)c3c2)n[nH]1. The van der Waals surface area contributed by atoms with Gasteiger partial charge in [-0.2, -0.15) is 5.10 Å². The van der Waals surface area contributed by atoms with Crippen molar-refractivity contribution in [3.8, 4) is 11.5 Å². The van der Waals surface area contributed by atoms with Crippen LogP contribution in [0, 0.1) is 0 Å². The van der Waals surface area contributed by atoms with Crippen molar-refractivity contribution in [3.63, 3.8) is 0 Å². The highest BCUT2D eigenvalue weighted by molar-refractivity contribution is 6.00. The summed E-state index contributed by atoms with van der Waals surface area (Å²) in [4.78, 5) is 28.3. The second kappa shape index (κ2) is 6.45. The number of H-pyrrole nitrogens is 1. The number of anilines is 2. The lowest BCUT2D eigenvalue weighted by Gasteiger charge is -2.09. The van der Waals surface area contributed by atoms with Crippen LogP contribution in [0.2, 0.25) is 0 Å². The summed E-state index contributed by atoms with van der Waals surface area (Å²) in [6, 6.07) is 9.90. The van der Waals surface area contributed by atoms with Gasteiger partial charge >= 0.3 is 6.03 Å². The second-order valence-corrected chi connectivity index (χ2v) is 6.11. The lowest BCUT2D eigenvalue weighted by atomic mass is 10.2. The van der Waals surface area contributed by atoms with E-state index in [9.17, 15) is 9.59 Å². The molecule has 3 heterocycles. The Balaban J connectivity index is 1.51. The number of aryl methyl sites for hydroxylation is 2. The van der Waals surface area contributed by atoms with Crippen molar-refractivity contribution in [2.75, 3.05) is 10.6 Å². The molecule has 3 aromatic heterocycles. The molecule has 0 bridgehead atoms. The molecular weight excluding hydrogens is 346 g/mol. The number of aromatic amines is 1. The lowest BCUT2D eigenvalue weighted by Crippen LogP contribution is -2.20. The van der Waals surface area contributed by atoms with Gasteiger partial charge in [0.1, 0.15) is 5.69 Å². The van der Waals surface area contributed by atoms with E-state index in [0.717, 1.165) is 10.9 Å². The molecule has 0 aliphatic carbocycles. The number of imidazole rings is 1. The number of aromatic nitrogens is 5. The maximum absolute atomic E-state index is 12.3. The van der Waals surface area contributed by atoms with Crippen molar-refractivity contribution in [1.82, 2.24) is 24.3 Å². The zero-order valence-corrected chi connectivity index (χ0v) is 14.7. The first-order valence-corrected chi connectivity index (χ1v) is 8.22. The molecule has 4 rings (SSSR count). The molecular formula is C18H17N7O2. The molecule has 0 aliphatic heterocycles. The number of amides is 2. The Morgan fingerprint density at radius 1 is 1.11 bits per heavy atom. The van der Waals surface area contributed by atoms with E-state index in [-0.39, 0.29) is 5.56 Å². The highest BCUT2D eigenvalue weighted by Crippen LogP contribution is 2.19. The number of benzene rings is 1. The average molecular weight is 363 g/mol. The van der Waals surface area contributed by atoms with Crippen molar-refractivity contribution in [2.24, 2.45) is 14.1 Å². The molecule has 3 N–H and O–H groups in total. The number of carbonyl (C=O) groups excluding carboxylic acids is 1. The van der Waals surface area contributed by atoms with E-state index in [1.165, 1.54) is 10.6 Å². The summed E-state index contributed by atoms with van der Waals surface area (Å²) in [5.41, 5.74) is 1.89. The van der Waals surface area contributed by atoms with Gasteiger partial charge < -0.3 is 14.5 Å². The summed E-state index contributed by atoms with van der Waals surface area (Å²) < 4.78 is 3.38. The molecule has 136 valence electrons. The van der Waals surface area contributed by atoms with Gasteiger partial charge in [-0.15, -0.1) is 0 Å². The summed E-state index contributed by atoms with van der Waals surface area (Å²) >= 11 is 0. The summed E-state index contributed by atoms with van der Waals surface area (Å²) in [5.74, 6) is 1.09. The molecule has 4 aromatic rings. The molecule has 2 amide bonds. The Morgan fingerprint density at radius 2 is 1.93 bits per heavy atom. The Hall–Kier alpha value is -3.88. The van der Waals surface area contributed by atoms with E-state index in [0.29, 0.717) is 23.0 Å². The Kier molecular flexibility index (Phi) is 3.96. The van der Waals surface area contributed by atoms with Crippen LogP contribution < -0.4 is 16.2 Å². The van der Waals surface area contributed by atoms with Crippen LogP contribution in [0.4, 0.5) is 16.3 Å². The van der Waals surface area contributed by atoms with E-state index in [1.807, 2.05) is 23.9 Å². The van der Waals surface area contributed by atoms with Crippen molar-refractivity contribution >= 4 is 28.4 Å². The van der Waals surface area contributed by atoms with Gasteiger partial charge in [0.15, 0.2) is 11.6 Å². The fourth-order valence-corrected chi connectivity index (χ4v) is 2.85. The van der Waals surface area contributed by atoms with Gasteiger partial charge in [0.05, 0.1) is 5.52 Å². The maximum Gasteiger partial charge on any atom is 0.324 e. The van der Waals surface area contributed by atoms with Crippen LogP contribution in [0.5, 0.6) is 0 Å². The average Bonchev–Trinajstić information content (AvgIpc) is 3.27. The molecule has 0 saturated heterocycles. The zero-order chi connectivity index (χ0) is 19.0. The van der Waals surface area contributed by atoms with Crippen LogP contribution in [0.3, 0.4) is 0 Å². The largest absolute Gasteiger partial charge is 0.333 e. The van der Waals surface area contributed by atoms with Gasteiger partial charge in [-0.25, -0.2) is 9.78 Å². The molecule has 0 spiro atoms. The van der Waals surface area contributed by atoms with E-state index < -0.39 is 6.03 Å². The van der Waals surface area contributed by atoms with Gasteiger partial charge in [0.25, 0.3) is 5.56 Å². The first-order chi connectivity index (χ1) is 13.0. The minimum absolute atomic E-state index is 0.109. The first-order valence-electron chi connectivity index (χ1n) is 8.22. The van der Waals surface area contributed by atoms with Crippen molar-refractivity contribution < 1.29 is 4.79 Å². The fraction of sp³-hybridized carbons (Fsp3) is 0.111. The lowest BCUT2D eigenvalue weighted by molar-refractivity contribution is 0.262. The van der Waals surface area contributed by atoms with E-state index in [1.54, 1.807) is 37.5 Å². The number of carbonyl (C=O) groups is 1. The zero-order valence-electron chi connectivity index (χ0n) is 14.7. The summed E-state index contributed by atoms with van der Waals surface area (Å²) in [5, 5.41) is 13.2. The van der Waals surface area contributed by atoms with Crippen LogP contribution in [-0.2, 0) is 14.1 Å². The van der Waals surface area contributed by atoms with Crippen molar-refractivity contribution in [2.45, 2.75) is 0 Å². The summed E-state index contributed by atoms with van der Waals surface area (Å²) in [6.45, 7) is 0. The predicted octanol–water partition coefficient (Wildman–Crippen LogP) is 2.31. The van der Waals surface area contributed by atoms with Gasteiger partial charge in [0.2, 0.25) is 0 Å². The third-order valence-electron chi connectivity index (χ3n) is 4.27. The number of nitrogens with one attached hydrogen (secondary N) is 3. The molecule has 0 atom stereocenters. The highest BCUT2D eigenvalue weighted by Gasteiger charge is 2.10. The molecule has 0 radical (unpaired) electrons. The number of hydrogen-bond donors (Lipinski definition) is 3. The number of fused-ring (bicyclic) bond motifs is 1. The van der Waals surface area contributed by atoms with Crippen LogP contribution in [0.15, 0.2) is 53.6 Å². The van der Waals surface area contributed by atoms with E-state index >= 15 is 0 Å². The maximum atomic E-state index is 12.3. The van der Waals surface area contributed by atoms with Gasteiger partial charge in [-0.05, 0) is 23.6 Å². The number of urea groups is 1. The normalized spacial score (nSPS) is 10.9. The predicted molar refractivity (Wildman–Crippen MR) is 103 cm³/mol. The molecule has 0 aliphatic rings. The molecule has 1 aromatic carbocycles. The second-order valence-electron chi connectivity index (χ2n) is 6.11. The highest BCUT2D eigenvalue weighted by atomic mass is 16.2. The minimum atomic E-state index is -0.437. The smallest absolute Gasteiger partial charge is 0.324 e. The summed E-state index contributed by atoms with van der Waals surface area (Å²) in [6.07, 6.45) is 3.51. The number of nitrogens with zero attached hydrogens (tertiary/aromatic N) is 4. The number of pyridine rings is 1. The topological polar surface area (TPSA) is 110 Å². The van der Waals surface area contributed by atoms with Crippen molar-refractivity contribution in [1.29, 1.82) is 0 Å². The quantitative estimate of drug-likeness (QED) is 0.519. The van der Waals surface area contributed by atoms with Crippen LogP contribution in [0.1, 0.15) is 0 Å². The molecule has 9 nitrogen and oxygen atoms in total. The number of rotatable bonds is 3. The molecule has 27 heavy (non-hydrogen) atoms. The third kappa shape index (κ3) is 3.17. The van der Waals surface area contributed by atoms with Crippen LogP contribution >= 0.6 is 0 Å². The monoisotopic (exact) mass is 363 g/mol. The summed E-state index contributed by atoms with van der Waals surface area (Å²) in [7, 11) is 3.56. The number of hydrogen-bond acceptors (Lipinski definition) is 4. The Bertz CT molecular complexity index is 1200. The molecule has 0 fully saturated rings. The molecule has 0 unspecified atom stereocenters. The standard InChI is InChI=1S/C18H17N7O2/c1-24-8-7-19-17(24)13-10-15(23-22-13)21-18(27)20-12-5-3-11-4-6-16(26)25(2)14(11)9-12/h3-10H,1-2H3,(H3,20,21,22,23,27). The van der Waals surface area contributed by atoms with Gasteiger partial charge in [-0.3, -0.25) is 15.2 Å². The first kappa shape index (κ1) is 16.6. The van der Waals surface area contributed by atoms with Crippen molar-refractivity contribution in [3.05, 3.63) is 59.1 Å². The van der Waals surface area contributed by atoms with E-state index in [2.05, 4.69) is 25.8 Å². The van der Waals surface area contributed by atoms with E-state index in [4.69, 9.17) is 0 Å². The molecule has 9 heteroatoms. The van der Waals surface area contributed by atoms with Gasteiger partial charge in [-0.1, -0.05) is 6.07 Å². The molecule has 0 saturated carbocycles. The minimum Gasteiger partial charge on any atom is -0.333 e. The Morgan fingerprint density at radius 3 is 2.70 bits per heavy atom. The fourth-order valence-electron chi connectivity index (χ4n) is 2.85. The van der Waals surface area contributed by atoms with Gasteiger partial charge in [0, 0.05) is 44.3 Å². The Labute approximate surface area is 153 Å². The third-order valence-corrected chi connectivity index (χ3v) is 4.27.